The van der Waals surface area contributed by atoms with E-state index in [1.165, 1.54) is 0 Å². The molecule has 0 saturated carbocycles. The molecular weight excluding hydrogens is 421 g/mol. The molecule has 1 aromatic carbocycles. The summed E-state index contributed by atoms with van der Waals surface area (Å²) in [6.45, 7) is 0. The van der Waals surface area contributed by atoms with Crippen LogP contribution in [0.3, 0.4) is 0 Å². The van der Waals surface area contributed by atoms with Gasteiger partial charge in [-0.15, -0.1) is 0 Å². The summed E-state index contributed by atoms with van der Waals surface area (Å²) >= 11 is 8.65. The van der Waals surface area contributed by atoms with Crippen LogP contribution in [0.5, 0.6) is 0 Å². The normalized spacial score (nSPS) is 13.6. The zero-order chi connectivity index (χ0) is 18.8. The molecule has 1 N–H and O–H groups in total. The Balaban J connectivity index is 1.63. The first kappa shape index (κ1) is 18.2. The van der Waals surface area contributed by atoms with E-state index in [4.69, 9.17) is 16.3 Å². The summed E-state index contributed by atoms with van der Waals surface area (Å²) in [6, 6.07) is 15.9. The number of rotatable bonds is 5. The van der Waals surface area contributed by atoms with Crippen LogP contribution in [0.1, 0.15) is 33.2 Å². The number of nitrogens with one attached hydrogen (secondary N) is 1. The quantitative estimate of drug-likeness (QED) is 0.464. The maximum absolute atomic E-state index is 5.98. The summed E-state index contributed by atoms with van der Waals surface area (Å²) in [6.07, 6.45) is 5.41. The van der Waals surface area contributed by atoms with Crippen molar-refractivity contribution in [3.63, 3.8) is 0 Å². The van der Waals surface area contributed by atoms with Crippen molar-refractivity contribution in [2.45, 2.75) is 10.8 Å². The van der Waals surface area contributed by atoms with Crippen molar-refractivity contribution in [3.8, 4) is 0 Å². The molecule has 0 bridgehead atoms. The molecule has 3 heterocycles. The molecule has 0 amide bonds. The Kier molecular flexibility index (Phi) is 5.31. The first-order chi connectivity index (χ1) is 13.2. The zero-order valence-corrected chi connectivity index (χ0v) is 17.3. The van der Waals surface area contributed by atoms with Crippen LogP contribution in [0, 0.1) is 0 Å². The number of nitrogens with zero attached hydrogens (tertiary/aromatic N) is 2. The first-order valence-corrected chi connectivity index (χ1v) is 9.97. The summed E-state index contributed by atoms with van der Waals surface area (Å²) < 4.78 is 5.91. The van der Waals surface area contributed by atoms with Crippen LogP contribution in [0.15, 0.2) is 67.1 Å². The average molecular weight is 438 g/mol. The number of aromatic nitrogens is 3. The molecule has 4 nitrogen and oxygen atoms in total. The molecule has 2 atom stereocenters. The molecule has 6 heteroatoms. The standard InChI is InChI=1S/C21H17AsClN3O/c1-27-20(17-12-26-21-16(17)3-2-10-24-21)14-6-9-18(25-11-14)19(22)13-4-7-15(23)8-5-13/h2-12,19-20H,1H3,(H,24,26). The Labute approximate surface area is 171 Å². The molecule has 0 aliphatic heterocycles. The van der Waals surface area contributed by atoms with Gasteiger partial charge in [0.25, 0.3) is 0 Å². The summed E-state index contributed by atoms with van der Waals surface area (Å²) in [5.41, 5.74) is 5.05. The number of fused-ring (bicyclic) bond motifs is 1. The van der Waals surface area contributed by atoms with E-state index in [2.05, 4.69) is 37.9 Å². The molecule has 2 unspecified atom stereocenters. The van der Waals surface area contributed by atoms with Crippen molar-refractivity contribution in [2.24, 2.45) is 0 Å². The number of hydrogen-bond acceptors (Lipinski definition) is 3. The Morgan fingerprint density at radius 2 is 1.81 bits per heavy atom. The molecule has 4 aromatic rings. The predicted molar refractivity (Wildman–Crippen MR) is 108 cm³/mol. The van der Waals surface area contributed by atoms with Gasteiger partial charge in [-0.2, -0.15) is 0 Å². The minimum absolute atomic E-state index is 0.127. The number of hydrogen-bond donors (Lipinski definition) is 1. The van der Waals surface area contributed by atoms with Gasteiger partial charge in [0.1, 0.15) is 0 Å². The molecule has 0 spiro atoms. The predicted octanol–water partition coefficient (Wildman–Crippen LogP) is 4.61. The van der Waals surface area contributed by atoms with Gasteiger partial charge < -0.3 is 0 Å². The van der Waals surface area contributed by atoms with Crippen LogP contribution in [0.2, 0.25) is 5.02 Å². The van der Waals surface area contributed by atoms with Gasteiger partial charge in [0, 0.05) is 0 Å². The number of methoxy groups -OCH3 is 1. The number of aromatic amines is 1. The number of ether oxygens (including phenoxy) is 1. The van der Waals surface area contributed by atoms with Crippen LogP contribution >= 0.6 is 11.6 Å². The third-order valence-electron chi connectivity index (χ3n) is 4.58. The topological polar surface area (TPSA) is 50.8 Å². The third-order valence-corrected chi connectivity index (χ3v) is 6.01. The van der Waals surface area contributed by atoms with Crippen LogP contribution in [-0.2, 0) is 4.74 Å². The second kappa shape index (κ2) is 7.85. The van der Waals surface area contributed by atoms with E-state index in [1.54, 1.807) is 13.3 Å². The molecular formula is C21H17AsClN3O. The van der Waals surface area contributed by atoms with Crippen molar-refractivity contribution in [2.75, 3.05) is 7.11 Å². The van der Waals surface area contributed by atoms with Crippen molar-refractivity contribution in [1.82, 2.24) is 15.0 Å². The summed E-state index contributed by atoms with van der Waals surface area (Å²) in [7, 11) is 1.71. The summed E-state index contributed by atoms with van der Waals surface area (Å²) in [4.78, 5) is 12.2. The molecule has 0 aliphatic carbocycles. The van der Waals surface area contributed by atoms with Gasteiger partial charge in [-0.05, 0) is 0 Å². The fourth-order valence-corrected chi connectivity index (χ4v) is 3.99. The van der Waals surface area contributed by atoms with Crippen molar-refractivity contribution >= 4 is 39.5 Å². The van der Waals surface area contributed by atoms with E-state index in [-0.39, 0.29) is 10.8 Å². The fraction of sp³-hybridized carbons (Fsp3) is 0.143. The molecule has 2 radical (unpaired) electrons. The molecule has 3 aromatic heterocycles. The van der Waals surface area contributed by atoms with E-state index in [9.17, 15) is 0 Å². The van der Waals surface area contributed by atoms with Gasteiger partial charge >= 0.3 is 172 Å². The molecule has 0 aliphatic rings. The molecule has 4 rings (SSSR count). The Morgan fingerprint density at radius 1 is 1.04 bits per heavy atom. The van der Waals surface area contributed by atoms with Gasteiger partial charge in [-0.3, -0.25) is 0 Å². The molecule has 0 fully saturated rings. The van der Waals surface area contributed by atoms with Crippen molar-refractivity contribution in [1.29, 1.82) is 0 Å². The summed E-state index contributed by atoms with van der Waals surface area (Å²) in [5.74, 6) is 0. The van der Waals surface area contributed by atoms with Gasteiger partial charge in [0.15, 0.2) is 0 Å². The second-order valence-corrected chi connectivity index (χ2v) is 7.75. The summed E-state index contributed by atoms with van der Waals surface area (Å²) in [5, 5.41) is 1.79. The molecule has 0 saturated heterocycles. The van der Waals surface area contributed by atoms with Gasteiger partial charge in [0.2, 0.25) is 0 Å². The average Bonchev–Trinajstić information content (AvgIpc) is 3.13. The number of pyridine rings is 2. The Morgan fingerprint density at radius 3 is 2.52 bits per heavy atom. The van der Waals surface area contributed by atoms with Crippen LogP contribution in [-0.4, -0.2) is 38.9 Å². The monoisotopic (exact) mass is 437 g/mol. The van der Waals surface area contributed by atoms with Crippen LogP contribution in [0.25, 0.3) is 11.0 Å². The Bertz CT molecular complexity index is 1050. The third kappa shape index (κ3) is 3.66. The fourth-order valence-electron chi connectivity index (χ4n) is 3.19. The first-order valence-electron chi connectivity index (χ1n) is 8.51. The minimum atomic E-state index is -0.204. The van der Waals surface area contributed by atoms with Crippen molar-refractivity contribution < 1.29 is 4.74 Å². The SMILES string of the molecule is COC(c1ccc(C([As])c2ccc(Cl)cc2)nc1)c1c[nH]c2ncccc12. The molecule has 27 heavy (non-hydrogen) atoms. The van der Waals surface area contributed by atoms with Gasteiger partial charge in [-0.25, -0.2) is 0 Å². The number of benzene rings is 1. The maximum atomic E-state index is 5.98. The van der Waals surface area contributed by atoms with Crippen molar-refractivity contribution in [3.05, 3.63) is 94.5 Å². The molecule has 134 valence electrons. The van der Waals surface area contributed by atoms with Crippen LogP contribution in [0.4, 0.5) is 0 Å². The second-order valence-electron chi connectivity index (χ2n) is 6.23. The van der Waals surface area contributed by atoms with E-state index in [0.717, 1.165) is 38.4 Å². The van der Waals surface area contributed by atoms with E-state index in [0.29, 0.717) is 0 Å². The van der Waals surface area contributed by atoms with Gasteiger partial charge in [0.05, 0.1) is 0 Å². The number of H-pyrrole nitrogens is 1. The van der Waals surface area contributed by atoms with E-state index in [1.807, 2.05) is 54.9 Å². The van der Waals surface area contributed by atoms with Crippen LogP contribution < -0.4 is 0 Å². The van der Waals surface area contributed by atoms with E-state index >= 15 is 0 Å². The number of halogens is 1. The van der Waals surface area contributed by atoms with Gasteiger partial charge in [-0.1, -0.05) is 0 Å². The van der Waals surface area contributed by atoms with E-state index < -0.39 is 0 Å². The zero-order valence-electron chi connectivity index (χ0n) is 14.6. The Hall–Kier alpha value is -2.13.